The zero-order valence-electron chi connectivity index (χ0n) is 65.0. The van der Waals surface area contributed by atoms with Crippen LogP contribution in [0.5, 0.6) is 0 Å². The molecular weight excluding hydrogens is 1160 g/mol. The molecular formula is C89H158N2O4. The molecule has 2 aromatic heterocycles. The monoisotopic (exact) mass is 1320 g/mol. The maximum Gasteiger partial charge on any atom is 0.262 e. The van der Waals surface area contributed by atoms with Crippen LogP contribution < -0.4 is 22.2 Å². The second-order valence-electron chi connectivity index (χ2n) is 34.7. The van der Waals surface area contributed by atoms with Crippen molar-refractivity contribution in [3.05, 3.63) is 53.5 Å². The van der Waals surface area contributed by atoms with E-state index in [0.717, 1.165) is 85.9 Å². The number of hydrogen-bond donors (Lipinski definition) is 0. The summed E-state index contributed by atoms with van der Waals surface area (Å²) in [6.45, 7) is 23.3. The van der Waals surface area contributed by atoms with Crippen molar-refractivity contribution in [2.24, 2.45) is 52.8 Å². The Morgan fingerprint density at radius 3 is 0.874 bits per heavy atom. The van der Waals surface area contributed by atoms with Gasteiger partial charge in [-0.15, -0.1) is 0 Å². The van der Waals surface area contributed by atoms with Crippen molar-refractivity contribution in [3.8, 4) is 0 Å². The second kappa shape index (κ2) is 48.3. The average molecular weight is 1320 g/mol. The molecule has 1 aromatic carbocycles. The highest BCUT2D eigenvalue weighted by molar-refractivity contribution is 5.97. The van der Waals surface area contributed by atoms with Gasteiger partial charge < -0.3 is 0 Å². The van der Waals surface area contributed by atoms with Crippen LogP contribution in [-0.2, 0) is 12.1 Å². The topological polar surface area (TPSA) is 78.1 Å². The number of benzene rings is 1. The minimum absolute atomic E-state index is 0.279. The van der Waals surface area contributed by atoms with Crippen LogP contribution in [0.15, 0.2) is 31.3 Å². The molecule has 0 radical (unpaired) electrons. The fraction of sp³-hybridized carbons (Fsp3) is 0.888. The van der Waals surface area contributed by atoms with Gasteiger partial charge in [0.2, 0.25) is 0 Å². The molecule has 2 aliphatic carbocycles. The van der Waals surface area contributed by atoms with Crippen LogP contribution in [0.2, 0.25) is 0 Å². The van der Waals surface area contributed by atoms with Gasteiger partial charge in [-0.3, -0.25) is 28.3 Å². The Labute approximate surface area is 587 Å². The number of fused-ring (bicyclic) bond motifs is 2. The summed E-state index contributed by atoms with van der Waals surface area (Å²) in [7, 11) is 0. The van der Waals surface area contributed by atoms with Crippen molar-refractivity contribution < 1.29 is 0 Å². The smallest absolute Gasteiger partial charge is 0.262 e. The number of rotatable bonds is 58. The van der Waals surface area contributed by atoms with Crippen LogP contribution in [0.3, 0.4) is 0 Å². The summed E-state index contributed by atoms with van der Waals surface area (Å²) in [6.07, 6.45) is 78.5. The lowest BCUT2D eigenvalue weighted by atomic mass is 9.62. The molecule has 0 spiro atoms. The molecule has 8 atom stereocenters. The van der Waals surface area contributed by atoms with Gasteiger partial charge in [-0.1, -0.05) is 370 Å². The Morgan fingerprint density at radius 2 is 0.547 bits per heavy atom. The molecule has 0 aliphatic heterocycles. The normalized spacial score (nSPS) is 20.5. The molecule has 6 heteroatoms. The summed E-state index contributed by atoms with van der Waals surface area (Å²) in [5.41, 5.74) is -1.49. The van der Waals surface area contributed by atoms with Crippen molar-refractivity contribution in [3.63, 3.8) is 0 Å². The lowest BCUT2D eigenvalue weighted by molar-refractivity contribution is 0.0741. The van der Waals surface area contributed by atoms with E-state index >= 15 is 0 Å². The Bertz CT molecular complexity index is 2540. The second-order valence-corrected chi connectivity index (χ2v) is 34.7. The molecule has 0 bridgehead atoms. The first kappa shape index (κ1) is 83.2. The van der Waals surface area contributed by atoms with Gasteiger partial charge in [-0.25, -0.2) is 0 Å². The molecule has 2 fully saturated rings. The van der Waals surface area contributed by atoms with Crippen molar-refractivity contribution in [1.82, 2.24) is 9.13 Å². The highest BCUT2D eigenvalue weighted by Gasteiger charge is 2.38. The predicted octanol–water partition coefficient (Wildman–Crippen LogP) is 27.4. The molecule has 548 valence electrons. The maximum atomic E-state index is 14.2. The zero-order valence-corrected chi connectivity index (χ0v) is 65.0. The van der Waals surface area contributed by atoms with Gasteiger partial charge in [0.05, 0.1) is 21.5 Å². The summed E-state index contributed by atoms with van der Waals surface area (Å²) < 4.78 is 2.82. The molecule has 2 heterocycles. The lowest BCUT2D eigenvalue weighted by Crippen LogP contribution is -2.41. The van der Waals surface area contributed by atoms with Crippen molar-refractivity contribution in [2.75, 3.05) is 0 Å². The van der Waals surface area contributed by atoms with E-state index in [1.165, 1.54) is 343 Å². The molecule has 95 heavy (non-hydrogen) atoms. The highest BCUT2D eigenvalue weighted by atomic mass is 16.2. The first-order valence-electron chi connectivity index (χ1n) is 43.0. The maximum absolute atomic E-state index is 14.2. The van der Waals surface area contributed by atoms with Crippen LogP contribution in [-0.4, -0.2) is 9.13 Å². The number of aromatic nitrogens is 2. The molecule has 8 unspecified atom stereocenters. The van der Waals surface area contributed by atoms with Gasteiger partial charge in [-0.2, -0.15) is 0 Å². The molecule has 0 N–H and O–H groups in total. The van der Waals surface area contributed by atoms with E-state index in [2.05, 4.69) is 55.4 Å². The fourth-order valence-electron chi connectivity index (χ4n) is 19.1. The van der Waals surface area contributed by atoms with Crippen LogP contribution in [0.25, 0.3) is 21.5 Å². The summed E-state index contributed by atoms with van der Waals surface area (Å²) in [4.78, 5) is 56.2. The molecule has 2 saturated carbocycles. The summed E-state index contributed by atoms with van der Waals surface area (Å²) >= 11 is 0. The van der Waals surface area contributed by atoms with Gasteiger partial charge >= 0.3 is 0 Å². The van der Waals surface area contributed by atoms with E-state index < -0.39 is 5.54 Å². The lowest BCUT2D eigenvalue weighted by Gasteiger charge is -2.43. The van der Waals surface area contributed by atoms with E-state index in [4.69, 9.17) is 0 Å². The molecule has 6 nitrogen and oxygen atoms in total. The average Bonchev–Trinajstić information content (AvgIpc) is 1.58. The zero-order chi connectivity index (χ0) is 68.5. The highest BCUT2D eigenvalue weighted by Crippen LogP contribution is 2.49. The van der Waals surface area contributed by atoms with Crippen molar-refractivity contribution in [2.45, 2.75) is 454 Å². The Kier molecular flexibility index (Phi) is 42.3. The van der Waals surface area contributed by atoms with Crippen molar-refractivity contribution in [1.29, 1.82) is 0 Å². The van der Waals surface area contributed by atoms with Gasteiger partial charge in [0.25, 0.3) is 22.2 Å². The third kappa shape index (κ3) is 30.7. The Morgan fingerprint density at radius 1 is 0.295 bits per heavy atom. The molecule has 0 amide bonds. The van der Waals surface area contributed by atoms with Crippen molar-refractivity contribution >= 4 is 21.5 Å². The molecule has 3 aromatic rings. The summed E-state index contributed by atoms with van der Waals surface area (Å²) in [5, 5.41) is 1.12. The third-order valence-electron chi connectivity index (χ3n) is 24.8. The van der Waals surface area contributed by atoms with E-state index in [9.17, 15) is 19.2 Å². The van der Waals surface area contributed by atoms with E-state index in [1.807, 2.05) is 13.8 Å². The van der Waals surface area contributed by atoms with E-state index in [1.54, 1.807) is 12.1 Å². The van der Waals surface area contributed by atoms with Crippen LogP contribution in [0, 0.1) is 52.8 Å². The minimum Gasteiger partial charge on any atom is -0.274 e. The number of unbranched alkanes of at least 4 members (excludes halogenated alkanes) is 36. The summed E-state index contributed by atoms with van der Waals surface area (Å²) in [5.74, 6) is 7.37. The SMILES string of the molecule is CCCCCCCCCC1CC(CCCCCCCC(C)(C)n2c(=O)c3cc4c(=O)n(CCCCCCCCC5CC(CCCCCC)C(CCCCCCCC)C(CCCCCCCCC(C)(C)C)C5)c(=O)c4cc3c2=O)CC(CCCCCC)C1CCCCCCCC. The van der Waals surface area contributed by atoms with Gasteiger partial charge in [0.1, 0.15) is 0 Å². The largest absolute Gasteiger partial charge is 0.274 e. The first-order valence-corrected chi connectivity index (χ1v) is 43.0. The standard InChI is InChI=1S/C89H158N2O4/c1-11-16-21-26-29-37-48-59-76-69-73(67-75(58-47-25-20-15-5)78(76)61-50-39-27-22-17-12-2)56-45-36-34-42-53-64-89(9,10)91-86(94)82-70-80-81(71-83(82)87(91)95)85(93)90(84(80)92)65-54-43-33-31-35-44-55-72-66-74(57-46-24-19-14-4)79(62-51-40-28-23-18-13-3)77(68-72)60-49-38-30-32-41-52-63-88(6,7)8/h70-79H,11-69H2,1-10H3. The predicted molar refractivity (Wildman–Crippen MR) is 418 cm³/mol. The first-order chi connectivity index (χ1) is 46.1. The third-order valence-corrected chi connectivity index (χ3v) is 24.8. The molecule has 5 rings (SSSR count). The Balaban J connectivity index is 1.08. The minimum atomic E-state index is -0.667. The van der Waals surface area contributed by atoms with E-state index in [-0.39, 0.29) is 43.8 Å². The van der Waals surface area contributed by atoms with Gasteiger partial charge in [-0.05, 0) is 137 Å². The van der Waals surface area contributed by atoms with Crippen LogP contribution in [0.1, 0.15) is 442 Å². The quantitative estimate of drug-likeness (QED) is 0.0528. The van der Waals surface area contributed by atoms with Gasteiger partial charge in [0, 0.05) is 12.1 Å². The molecule has 2 aliphatic rings. The van der Waals surface area contributed by atoms with E-state index in [0.29, 0.717) is 12.0 Å². The van der Waals surface area contributed by atoms with Gasteiger partial charge in [0.15, 0.2) is 0 Å². The number of hydrogen-bond acceptors (Lipinski definition) is 4. The number of nitrogens with zero attached hydrogens (tertiary/aromatic N) is 2. The Hall–Kier alpha value is -2.50. The summed E-state index contributed by atoms with van der Waals surface area (Å²) in [6, 6.07) is 3.15. The molecule has 0 saturated heterocycles. The fourth-order valence-corrected chi connectivity index (χ4v) is 19.1. The van der Waals surface area contributed by atoms with Crippen LogP contribution in [0.4, 0.5) is 0 Å². The van der Waals surface area contributed by atoms with Crippen LogP contribution >= 0.6 is 0 Å².